The Morgan fingerprint density at radius 3 is 2.30 bits per heavy atom. The van der Waals surface area contributed by atoms with E-state index in [2.05, 4.69) is 0 Å². The Balaban J connectivity index is 1.66. The Hall–Kier alpha value is -3.73. The number of nitriles is 2. The molecule has 1 aliphatic heterocycles. The second-order valence-corrected chi connectivity index (χ2v) is 9.18. The van der Waals surface area contributed by atoms with Crippen LogP contribution in [0.4, 0.5) is 4.39 Å². The lowest BCUT2D eigenvalue weighted by Gasteiger charge is -2.30. The Kier molecular flexibility index (Phi) is 7.44. The standard InChI is InChI=1S/C23H20FN3O5S/c1-31-22-13-16(12-17(14-25)15-26)2-7-21(22)32-23(28)18-8-10-27(11-9-18)33(29,30)20-5-3-19(24)4-6-20/h2-7,12-13,18H,8-11H2,1H3. The van der Waals surface area contributed by atoms with E-state index in [1.165, 1.54) is 41.8 Å². The summed E-state index contributed by atoms with van der Waals surface area (Å²) in [4.78, 5) is 12.7. The molecule has 0 unspecified atom stereocenters. The number of piperidine rings is 1. The van der Waals surface area contributed by atoms with E-state index in [1.54, 1.807) is 18.2 Å². The number of ether oxygens (including phenoxy) is 2. The van der Waals surface area contributed by atoms with Crippen molar-refractivity contribution >= 4 is 22.1 Å². The van der Waals surface area contributed by atoms with E-state index in [-0.39, 0.29) is 47.9 Å². The SMILES string of the molecule is COc1cc(C=C(C#N)C#N)ccc1OC(=O)C1CCN(S(=O)(=O)c2ccc(F)cc2)CC1. The van der Waals surface area contributed by atoms with Gasteiger partial charge in [-0.1, -0.05) is 6.07 Å². The number of nitrogens with zero attached hydrogens (tertiary/aromatic N) is 3. The fraction of sp³-hybridized carbons (Fsp3) is 0.261. The molecule has 0 aromatic heterocycles. The lowest BCUT2D eigenvalue weighted by atomic mass is 9.98. The molecule has 1 fully saturated rings. The van der Waals surface area contributed by atoms with Crippen molar-refractivity contribution in [1.29, 1.82) is 10.5 Å². The predicted octanol–water partition coefficient (Wildman–Crippen LogP) is 3.27. The molecule has 0 saturated carbocycles. The molecular formula is C23H20FN3O5S. The third kappa shape index (κ3) is 5.55. The molecule has 2 aromatic carbocycles. The summed E-state index contributed by atoms with van der Waals surface area (Å²) in [7, 11) is -2.38. The minimum atomic E-state index is -3.77. The maximum absolute atomic E-state index is 13.1. The second kappa shape index (κ2) is 10.3. The number of hydrogen-bond donors (Lipinski definition) is 0. The molecular weight excluding hydrogens is 449 g/mol. The highest BCUT2D eigenvalue weighted by Crippen LogP contribution is 2.31. The highest BCUT2D eigenvalue weighted by atomic mass is 32.2. The van der Waals surface area contributed by atoms with E-state index in [9.17, 15) is 17.6 Å². The first-order valence-corrected chi connectivity index (χ1v) is 11.4. The number of hydrogen-bond acceptors (Lipinski definition) is 7. The van der Waals surface area contributed by atoms with Gasteiger partial charge in [0.1, 0.15) is 23.5 Å². The van der Waals surface area contributed by atoms with Gasteiger partial charge in [-0.25, -0.2) is 12.8 Å². The minimum Gasteiger partial charge on any atom is -0.493 e. The van der Waals surface area contributed by atoms with Crippen molar-refractivity contribution in [1.82, 2.24) is 4.31 Å². The van der Waals surface area contributed by atoms with Crippen LogP contribution >= 0.6 is 0 Å². The van der Waals surface area contributed by atoms with E-state index < -0.39 is 27.7 Å². The predicted molar refractivity (Wildman–Crippen MR) is 116 cm³/mol. The van der Waals surface area contributed by atoms with Crippen molar-refractivity contribution in [2.75, 3.05) is 20.2 Å². The number of esters is 1. The molecule has 3 rings (SSSR count). The van der Waals surface area contributed by atoms with Crippen LogP contribution in [0, 0.1) is 34.4 Å². The molecule has 1 aliphatic rings. The smallest absolute Gasteiger partial charge is 0.314 e. The van der Waals surface area contributed by atoms with Gasteiger partial charge in [0.05, 0.1) is 17.9 Å². The van der Waals surface area contributed by atoms with Crippen molar-refractivity contribution in [3.05, 3.63) is 59.4 Å². The molecule has 10 heteroatoms. The van der Waals surface area contributed by atoms with Crippen LogP contribution in [0.2, 0.25) is 0 Å². The van der Waals surface area contributed by atoms with Crippen LogP contribution in [-0.4, -0.2) is 38.9 Å². The highest BCUT2D eigenvalue weighted by molar-refractivity contribution is 7.89. The third-order valence-corrected chi connectivity index (χ3v) is 7.10. The maximum atomic E-state index is 13.1. The van der Waals surface area contributed by atoms with Gasteiger partial charge in [-0.2, -0.15) is 14.8 Å². The van der Waals surface area contributed by atoms with E-state index in [4.69, 9.17) is 20.0 Å². The zero-order valence-corrected chi connectivity index (χ0v) is 18.5. The molecule has 0 amide bonds. The lowest BCUT2D eigenvalue weighted by Crippen LogP contribution is -2.41. The topological polar surface area (TPSA) is 120 Å². The summed E-state index contributed by atoms with van der Waals surface area (Å²) in [6, 6.07) is 12.8. The summed E-state index contributed by atoms with van der Waals surface area (Å²) in [5, 5.41) is 17.8. The normalized spacial score (nSPS) is 14.5. The third-order valence-electron chi connectivity index (χ3n) is 5.19. The molecule has 0 aliphatic carbocycles. The first-order chi connectivity index (χ1) is 15.8. The molecule has 0 atom stereocenters. The molecule has 1 heterocycles. The number of methoxy groups -OCH3 is 1. The Bertz CT molecular complexity index is 1240. The van der Waals surface area contributed by atoms with Gasteiger partial charge < -0.3 is 9.47 Å². The molecule has 0 N–H and O–H groups in total. The zero-order valence-electron chi connectivity index (χ0n) is 17.7. The summed E-state index contributed by atoms with van der Waals surface area (Å²) in [5.41, 5.74) is 0.452. The Morgan fingerprint density at radius 2 is 1.73 bits per heavy atom. The number of benzene rings is 2. The van der Waals surface area contributed by atoms with Crippen molar-refractivity contribution in [3.63, 3.8) is 0 Å². The first-order valence-electron chi connectivity index (χ1n) is 9.96. The summed E-state index contributed by atoms with van der Waals surface area (Å²) in [5.74, 6) is -1.10. The van der Waals surface area contributed by atoms with E-state index in [0.717, 1.165) is 12.1 Å². The molecule has 170 valence electrons. The second-order valence-electron chi connectivity index (χ2n) is 7.25. The minimum absolute atomic E-state index is 0.000226. The van der Waals surface area contributed by atoms with Crippen molar-refractivity contribution in [2.45, 2.75) is 17.7 Å². The molecule has 8 nitrogen and oxygen atoms in total. The summed E-state index contributed by atoms with van der Waals surface area (Å²) < 4.78 is 50.6. The van der Waals surface area contributed by atoms with Crippen molar-refractivity contribution < 1.29 is 27.1 Å². The summed E-state index contributed by atoms with van der Waals surface area (Å²) >= 11 is 0. The molecule has 2 aromatic rings. The van der Waals surface area contributed by atoms with Crippen molar-refractivity contribution in [3.8, 4) is 23.6 Å². The van der Waals surface area contributed by atoms with E-state index in [1.807, 2.05) is 0 Å². The largest absolute Gasteiger partial charge is 0.493 e. The Morgan fingerprint density at radius 1 is 1.09 bits per heavy atom. The lowest BCUT2D eigenvalue weighted by molar-refractivity contribution is -0.140. The zero-order chi connectivity index (χ0) is 24.0. The number of allylic oxidation sites excluding steroid dienone is 1. The first kappa shape index (κ1) is 23.9. The van der Waals surface area contributed by atoms with Gasteiger partial charge in [-0.05, 0) is 60.9 Å². The molecule has 33 heavy (non-hydrogen) atoms. The molecule has 1 saturated heterocycles. The number of rotatable bonds is 6. The van der Waals surface area contributed by atoms with Gasteiger partial charge in [-0.3, -0.25) is 4.79 Å². The van der Waals surface area contributed by atoms with Gasteiger partial charge in [0, 0.05) is 13.1 Å². The van der Waals surface area contributed by atoms with Crippen LogP contribution in [0.15, 0.2) is 52.9 Å². The van der Waals surface area contributed by atoms with Gasteiger partial charge in [0.15, 0.2) is 11.5 Å². The van der Waals surface area contributed by atoms with E-state index >= 15 is 0 Å². The van der Waals surface area contributed by atoms with Crippen LogP contribution in [0.3, 0.4) is 0 Å². The number of sulfonamides is 1. The van der Waals surface area contributed by atoms with Crippen LogP contribution in [-0.2, 0) is 14.8 Å². The number of halogens is 1. The molecule has 0 bridgehead atoms. The molecule has 0 radical (unpaired) electrons. The maximum Gasteiger partial charge on any atom is 0.314 e. The monoisotopic (exact) mass is 469 g/mol. The average molecular weight is 469 g/mol. The van der Waals surface area contributed by atoms with Gasteiger partial charge in [0.25, 0.3) is 0 Å². The number of carbonyl (C=O) groups excluding carboxylic acids is 1. The van der Waals surface area contributed by atoms with Crippen molar-refractivity contribution in [2.24, 2.45) is 5.92 Å². The quantitative estimate of drug-likeness (QED) is 0.362. The van der Waals surface area contributed by atoms with Crippen LogP contribution in [0.5, 0.6) is 11.5 Å². The average Bonchev–Trinajstić information content (AvgIpc) is 2.83. The summed E-state index contributed by atoms with van der Waals surface area (Å²) in [6.07, 6.45) is 1.93. The number of carbonyl (C=O) groups is 1. The van der Waals surface area contributed by atoms with Crippen LogP contribution < -0.4 is 9.47 Å². The fourth-order valence-electron chi connectivity index (χ4n) is 3.39. The van der Waals surface area contributed by atoms with Crippen LogP contribution in [0.25, 0.3) is 6.08 Å². The Labute approximate surface area is 191 Å². The summed E-state index contributed by atoms with van der Waals surface area (Å²) in [6.45, 7) is 0.261. The van der Waals surface area contributed by atoms with E-state index in [0.29, 0.717) is 5.56 Å². The van der Waals surface area contributed by atoms with Gasteiger partial charge in [-0.15, -0.1) is 0 Å². The van der Waals surface area contributed by atoms with Gasteiger partial charge in [0.2, 0.25) is 10.0 Å². The fourth-order valence-corrected chi connectivity index (χ4v) is 4.86. The highest BCUT2D eigenvalue weighted by Gasteiger charge is 2.33. The van der Waals surface area contributed by atoms with Crippen LogP contribution in [0.1, 0.15) is 18.4 Å². The molecule has 0 spiro atoms. The van der Waals surface area contributed by atoms with Gasteiger partial charge >= 0.3 is 5.97 Å².